The Morgan fingerprint density at radius 3 is 1.26 bits per heavy atom. The summed E-state index contributed by atoms with van der Waals surface area (Å²) >= 11 is 0. The van der Waals surface area contributed by atoms with Crippen LogP contribution in [0.5, 0.6) is 0 Å². The van der Waals surface area contributed by atoms with Gasteiger partial charge < -0.3 is 8.85 Å². The van der Waals surface area contributed by atoms with Gasteiger partial charge in [-0.15, -0.1) is 0 Å². The maximum Gasteiger partial charge on any atom is 0.344 e. The van der Waals surface area contributed by atoms with Crippen molar-refractivity contribution in [1.82, 2.24) is 0 Å². The number of hydrogen-bond donors (Lipinski definition) is 0. The van der Waals surface area contributed by atoms with E-state index in [0.717, 1.165) is 22.9 Å². The molecule has 0 spiro atoms. The van der Waals surface area contributed by atoms with E-state index >= 15 is 0 Å². The van der Waals surface area contributed by atoms with E-state index in [-0.39, 0.29) is 0 Å². The normalized spacial score (nSPS) is 32.9. The maximum absolute atomic E-state index is 6.27. The molecule has 2 aliphatic rings. The Kier molecular flexibility index (Phi) is 8.10. The molecule has 2 nitrogen and oxygen atoms in total. The topological polar surface area (TPSA) is 18.5 Å². The maximum atomic E-state index is 6.27. The molecule has 0 radical (unpaired) electrons. The Hall–Kier alpha value is 0.137. The lowest BCUT2D eigenvalue weighted by Crippen LogP contribution is -2.51. The van der Waals surface area contributed by atoms with Gasteiger partial charge in [0.1, 0.15) is 0 Å². The highest BCUT2D eigenvalue weighted by atomic mass is 28.4. The van der Waals surface area contributed by atoms with Gasteiger partial charge in [-0.1, -0.05) is 65.2 Å². The zero-order valence-electron chi connectivity index (χ0n) is 16.1. The second-order valence-electron chi connectivity index (χ2n) is 8.14. The summed E-state index contributed by atoms with van der Waals surface area (Å²) in [4.78, 5) is 0. The van der Waals surface area contributed by atoms with Gasteiger partial charge in [-0.3, -0.25) is 0 Å². The fourth-order valence-corrected chi connectivity index (χ4v) is 10.0. The molecule has 0 heterocycles. The third-order valence-corrected chi connectivity index (χ3v) is 11.6. The Morgan fingerprint density at radius 2 is 1.00 bits per heavy atom. The van der Waals surface area contributed by atoms with Crippen LogP contribution in [0.25, 0.3) is 0 Å². The van der Waals surface area contributed by atoms with Crippen molar-refractivity contribution in [3.8, 4) is 0 Å². The molecule has 136 valence electrons. The van der Waals surface area contributed by atoms with Crippen LogP contribution >= 0.6 is 0 Å². The summed E-state index contributed by atoms with van der Waals surface area (Å²) in [5.41, 5.74) is 1.47. The molecule has 0 aromatic carbocycles. The molecule has 0 saturated heterocycles. The predicted octanol–water partition coefficient (Wildman–Crippen LogP) is 6.44. The van der Waals surface area contributed by atoms with Crippen molar-refractivity contribution in [3.05, 3.63) is 0 Å². The zero-order chi connectivity index (χ0) is 16.7. The minimum Gasteiger partial charge on any atom is -0.397 e. The first-order valence-electron chi connectivity index (χ1n) is 10.3. The highest BCUT2D eigenvalue weighted by Gasteiger charge is 2.52. The zero-order valence-corrected chi connectivity index (χ0v) is 17.1. The van der Waals surface area contributed by atoms with Gasteiger partial charge >= 0.3 is 8.56 Å². The molecular formula is C20H40O2Si. The van der Waals surface area contributed by atoms with Crippen LogP contribution < -0.4 is 0 Å². The first-order chi connectivity index (χ1) is 11.2. The lowest BCUT2D eigenvalue weighted by molar-refractivity contribution is 0.177. The fraction of sp³-hybridized carbons (Fsp3) is 1.00. The fourth-order valence-electron chi connectivity index (χ4n) is 5.61. The second-order valence-corrected chi connectivity index (χ2v) is 12.0. The molecule has 0 bridgehead atoms. The van der Waals surface area contributed by atoms with Gasteiger partial charge in [0.05, 0.1) is 0 Å². The molecule has 0 N–H and O–H groups in total. The molecule has 3 heteroatoms. The van der Waals surface area contributed by atoms with Crippen LogP contribution in [0.1, 0.15) is 90.9 Å². The van der Waals surface area contributed by atoms with Gasteiger partial charge in [0.15, 0.2) is 0 Å². The third-order valence-electron chi connectivity index (χ3n) is 6.86. The standard InChI is InChI=1S/C20H40O2Si/c1-5-7-17-9-13-19(14-10-17)23(21-3,22-4)20-15-11-18(8-6-2)12-16-20/h17-20H,5-16H2,1-4H3. The Labute approximate surface area is 146 Å². The van der Waals surface area contributed by atoms with E-state index in [4.69, 9.17) is 8.85 Å². The molecule has 2 fully saturated rings. The lowest BCUT2D eigenvalue weighted by Gasteiger charge is -2.45. The minimum absolute atomic E-state index is 0.735. The molecule has 0 aliphatic heterocycles. The minimum atomic E-state index is -2.05. The molecule has 2 rings (SSSR count). The van der Waals surface area contributed by atoms with Gasteiger partial charge in [0, 0.05) is 25.3 Å². The van der Waals surface area contributed by atoms with Crippen LogP contribution in [-0.2, 0) is 8.85 Å². The van der Waals surface area contributed by atoms with Crippen molar-refractivity contribution in [2.45, 2.75) is 102 Å². The summed E-state index contributed by atoms with van der Waals surface area (Å²) in [6.45, 7) is 4.65. The molecule has 0 aromatic heterocycles. The van der Waals surface area contributed by atoms with Crippen LogP contribution in [0.2, 0.25) is 11.1 Å². The Bertz CT molecular complexity index is 286. The van der Waals surface area contributed by atoms with E-state index in [1.165, 1.54) is 77.0 Å². The lowest BCUT2D eigenvalue weighted by atomic mass is 9.85. The first kappa shape index (κ1) is 19.5. The quantitative estimate of drug-likeness (QED) is 0.473. The van der Waals surface area contributed by atoms with Crippen molar-refractivity contribution >= 4 is 8.56 Å². The van der Waals surface area contributed by atoms with Crippen molar-refractivity contribution in [2.75, 3.05) is 14.2 Å². The van der Waals surface area contributed by atoms with Gasteiger partial charge in [-0.2, -0.15) is 0 Å². The van der Waals surface area contributed by atoms with E-state index in [0.29, 0.717) is 0 Å². The largest absolute Gasteiger partial charge is 0.397 e. The monoisotopic (exact) mass is 340 g/mol. The smallest absolute Gasteiger partial charge is 0.344 e. The Balaban J connectivity index is 1.96. The number of hydrogen-bond acceptors (Lipinski definition) is 2. The average Bonchev–Trinajstić information content (AvgIpc) is 2.60. The third kappa shape index (κ3) is 4.61. The molecule has 0 amide bonds. The van der Waals surface area contributed by atoms with Crippen LogP contribution in [0, 0.1) is 11.8 Å². The van der Waals surface area contributed by atoms with Gasteiger partial charge in [0.25, 0.3) is 0 Å². The summed E-state index contributed by atoms with van der Waals surface area (Å²) in [6.07, 6.45) is 16.6. The van der Waals surface area contributed by atoms with Gasteiger partial charge in [0.2, 0.25) is 0 Å². The molecule has 2 saturated carbocycles. The van der Waals surface area contributed by atoms with E-state index in [1.54, 1.807) is 0 Å². The predicted molar refractivity (Wildman–Crippen MR) is 101 cm³/mol. The molecule has 0 atom stereocenters. The van der Waals surface area contributed by atoms with Crippen LogP contribution in [-0.4, -0.2) is 22.8 Å². The van der Waals surface area contributed by atoms with Crippen LogP contribution in [0.15, 0.2) is 0 Å². The van der Waals surface area contributed by atoms with Gasteiger partial charge in [-0.05, 0) is 37.5 Å². The molecule has 2 aliphatic carbocycles. The summed E-state index contributed by atoms with van der Waals surface area (Å²) in [6, 6.07) is 0. The highest BCUT2D eigenvalue weighted by Crippen LogP contribution is 2.51. The first-order valence-corrected chi connectivity index (χ1v) is 12.3. The molecule has 0 aromatic rings. The van der Waals surface area contributed by atoms with Crippen LogP contribution in [0.3, 0.4) is 0 Å². The molecule has 23 heavy (non-hydrogen) atoms. The van der Waals surface area contributed by atoms with Crippen molar-refractivity contribution in [2.24, 2.45) is 11.8 Å². The molecule has 0 unspecified atom stereocenters. The summed E-state index contributed by atoms with van der Waals surface area (Å²) < 4.78 is 12.5. The van der Waals surface area contributed by atoms with Crippen molar-refractivity contribution in [3.63, 3.8) is 0 Å². The van der Waals surface area contributed by atoms with Crippen molar-refractivity contribution < 1.29 is 8.85 Å². The number of rotatable bonds is 8. The van der Waals surface area contributed by atoms with E-state index in [1.807, 2.05) is 14.2 Å². The Morgan fingerprint density at radius 1 is 0.652 bits per heavy atom. The molecular weight excluding hydrogens is 300 g/mol. The average molecular weight is 341 g/mol. The highest BCUT2D eigenvalue weighted by molar-refractivity contribution is 6.70. The van der Waals surface area contributed by atoms with E-state index < -0.39 is 8.56 Å². The van der Waals surface area contributed by atoms with E-state index in [9.17, 15) is 0 Å². The summed E-state index contributed by atoms with van der Waals surface area (Å²) in [5.74, 6) is 1.94. The SMILES string of the molecule is CCCC1CCC([Si](OC)(OC)C2CCC(CCC)CC2)CC1. The van der Waals surface area contributed by atoms with Gasteiger partial charge in [-0.25, -0.2) is 0 Å². The van der Waals surface area contributed by atoms with Crippen LogP contribution in [0.4, 0.5) is 0 Å². The van der Waals surface area contributed by atoms with E-state index in [2.05, 4.69) is 13.8 Å². The summed E-state index contributed by atoms with van der Waals surface area (Å²) in [5, 5.41) is 0. The van der Waals surface area contributed by atoms with Crippen molar-refractivity contribution in [1.29, 1.82) is 0 Å². The second kappa shape index (κ2) is 9.58. The summed E-state index contributed by atoms with van der Waals surface area (Å²) in [7, 11) is 1.85.